The summed E-state index contributed by atoms with van der Waals surface area (Å²) in [7, 11) is 2.04. The first-order chi connectivity index (χ1) is 8.49. The summed E-state index contributed by atoms with van der Waals surface area (Å²) in [5, 5.41) is 8.07. The number of aromatic nitrogens is 3. The maximum absolute atomic E-state index is 4.58. The zero-order valence-corrected chi connectivity index (χ0v) is 11.9. The molecule has 0 radical (unpaired) electrons. The highest BCUT2D eigenvalue weighted by atomic mass is 15.3. The molecule has 0 bridgehead atoms. The molecule has 0 aliphatic heterocycles. The Morgan fingerprint density at radius 3 is 2.56 bits per heavy atom. The van der Waals surface area contributed by atoms with Crippen molar-refractivity contribution < 1.29 is 0 Å². The Morgan fingerprint density at radius 1 is 1.33 bits per heavy atom. The minimum Gasteiger partial charge on any atom is -0.378 e. The lowest BCUT2D eigenvalue weighted by molar-refractivity contribution is 0.516. The van der Waals surface area contributed by atoms with E-state index < -0.39 is 0 Å². The van der Waals surface area contributed by atoms with E-state index >= 15 is 0 Å². The van der Waals surface area contributed by atoms with Crippen LogP contribution in [0.15, 0.2) is 18.5 Å². The molecular formula is C14H22N4. The van der Waals surface area contributed by atoms with Gasteiger partial charge in [-0.2, -0.15) is 5.10 Å². The van der Waals surface area contributed by atoms with Crippen LogP contribution in [-0.2, 0) is 13.6 Å². The molecule has 0 aliphatic rings. The van der Waals surface area contributed by atoms with Crippen LogP contribution < -0.4 is 5.32 Å². The molecule has 18 heavy (non-hydrogen) atoms. The second-order valence-corrected chi connectivity index (χ2v) is 5.12. The average Bonchev–Trinajstić information content (AvgIpc) is 2.82. The first kappa shape index (κ1) is 12.7. The molecule has 0 atom stereocenters. The zero-order valence-electron chi connectivity index (χ0n) is 11.9. The molecule has 1 N–H and O–H groups in total. The van der Waals surface area contributed by atoms with E-state index in [4.69, 9.17) is 0 Å². The normalized spacial score (nSPS) is 11.2. The molecule has 0 fully saturated rings. The van der Waals surface area contributed by atoms with Crippen LogP contribution in [0.1, 0.15) is 36.8 Å². The number of rotatable bonds is 4. The van der Waals surface area contributed by atoms with Gasteiger partial charge in [0, 0.05) is 32.0 Å². The van der Waals surface area contributed by atoms with E-state index in [1.807, 2.05) is 7.05 Å². The lowest BCUT2D eigenvalue weighted by Gasteiger charge is -2.09. The summed E-state index contributed by atoms with van der Waals surface area (Å²) in [6.07, 6.45) is 4.19. The molecule has 0 aromatic carbocycles. The van der Waals surface area contributed by atoms with Crippen molar-refractivity contribution in [3.63, 3.8) is 0 Å². The van der Waals surface area contributed by atoms with Gasteiger partial charge in [0.2, 0.25) is 0 Å². The van der Waals surface area contributed by atoms with Crippen LogP contribution in [0.5, 0.6) is 0 Å². The summed E-state index contributed by atoms with van der Waals surface area (Å²) < 4.78 is 4.14. The molecule has 4 heteroatoms. The largest absolute Gasteiger partial charge is 0.378 e. The van der Waals surface area contributed by atoms with Crippen LogP contribution in [0.2, 0.25) is 0 Å². The maximum atomic E-state index is 4.58. The SMILES string of the molecule is Cc1nn(C(C)C)c(C)c1NCc1ccn(C)c1. The number of aryl methyl sites for hydroxylation is 2. The predicted molar refractivity (Wildman–Crippen MR) is 74.8 cm³/mol. The van der Waals surface area contributed by atoms with Crippen molar-refractivity contribution in [3.8, 4) is 0 Å². The second-order valence-electron chi connectivity index (χ2n) is 5.12. The van der Waals surface area contributed by atoms with Gasteiger partial charge in [0.25, 0.3) is 0 Å². The third-order valence-electron chi connectivity index (χ3n) is 3.18. The molecule has 0 amide bonds. The van der Waals surface area contributed by atoms with Gasteiger partial charge in [0.1, 0.15) is 0 Å². The Bertz CT molecular complexity index is 534. The van der Waals surface area contributed by atoms with Gasteiger partial charge in [-0.25, -0.2) is 0 Å². The Labute approximate surface area is 109 Å². The predicted octanol–water partition coefficient (Wildman–Crippen LogP) is 3.03. The number of hydrogen-bond donors (Lipinski definition) is 1. The highest BCUT2D eigenvalue weighted by molar-refractivity contribution is 5.52. The van der Waals surface area contributed by atoms with E-state index in [1.165, 1.54) is 11.3 Å². The number of nitrogens with zero attached hydrogens (tertiary/aromatic N) is 3. The summed E-state index contributed by atoms with van der Waals surface area (Å²) in [6, 6.07) is 2.53. The van der Waals surface area contributed by atoms with Crippen LogP contribution >= 0.6 is 0 Å². The van der Waals surface area contributed by atoms with Crippen molar-refractivity contribution in [3.05, 3.63) is 35.4 Å². The fraction of sp³-hybridized carbons (Fsp3) is 0.500. The summed E-state index contributed by atoms with van der Waals surface area (Å²) in [5.74, 6) is 0. The fourth-order valence-corrected chi connectivity index (χ4v) is 2.28. The van der Waals surface area contributed by atoms with E-state index in [0.717, 1.165) is 17.9 Å². The van der Waals surface area contributed by atoms with Gasteiger partial charge in [0.05, 0.1) is 17.1 Å². The van der Waals surface area contributed by atoms with Crippen molar-refractivity contribution in [1.82, 2.24) is 14.3 Å². The molecule has 0 saturated heterocycles. The van der Waals surface area contributed by atoms with E-state index in [-0.39, 0.29) is 0 Å². The lowest BCUT2D eigenvalue weighted by Crippen LogP contribution is -2.06. The highest BCUT2D eigenvalue weighted by Crippen LogP contribution is 2.22. The standard InChI is InChI=1S/C14H22N4/c1-10(2)18-12(4)14(11(3)16-18)15-8-13-6-7-17(5)9-13/h6-7,9-10,15H,8H2,1-5H3. The first-order valence-corrected chi connectivity index (χ1v) is 6.39. The first-order valence-electron chi connectivity index (χ1n) is 6.39. The fourth-order valence-electron chi connectivity index (χ4n) is 2.28. The Morgan fingerprint density at radius 2 is 2.06 bits per heavy atom. The van der Waals surface area contributed by atoms with Crippen molar-refractivity contribution in [2.45, 2.75) is 40.3 Å². The van der Waals surface area contributed by atoms with Gasteiger partial charge in [0.15, 0.2) is 0 Å². The van der Waals surface area contributed by atoms with Crippen molar-refractivity contribution in [2.24, 2.45) is 7.05 Å². The Kier molecular flexibility index (Phi) is 3.45. The summed E-state index contributed by atoms with van der Waals surface area (Å²) in [4.78, 5) is 0. The minimum absolute atomic E-state index is 0.399. The lowest BCUT2D eigenvalue weighted by atomic mass is 10.2. The molecule has 0 spiro atoms. The van der Waals surface area contributed by atoms with Crippen LogP contribution in [-0.4, -0.2) is 14.3 Å². The van der Waals surface area contributed by atoms with Crippen LogP contribution in [0, 0.1) is 13.8 Å². The number of hydrogen-bond acceptors (Lipinski definition) is 2. The van der Waals surface area contributed by atoms with Gasteiger partial charge >= 0.3 is 0 Å². The van der Waals surface area contributed by atoms with Crippen molar-refractivity contribution in [1.29, 1.82) is 0 Å². The molecule has 0 unspecified atom stereocenters. The van der Waals surface area contributed by atoms with Gasteiger partial charge in [-0.1, -0.05) is 0 Å². The monoisotopic (exact) mass is 246 g/mol. The van der Waals surface area contributed by atoms with Gasteiger partial charge in [-0.15, -0.1) is 0 Å². The summed E-state index contributed by atoms with van der Waals surface area (Å²) in [6.45, 7) is 9.32. The van der Waals surface area contributed by atoms with E-state index in [2.05, 4.69) is 65.8 Å². The number of anilines is 1. The number of nitrogens with one attached hydrogen (secondary N) is 1. The molecule has 98 valence electrons. The molecule has 0 saturated carbocycles. The molecule has 2 heterocycles. The van der Waals surface area contributed by atoms with Crippen molar-refractivity contribution in [2.75, 3.05) is 5.32 Å². The summed E-state index contributed by atoms with van der Waals surface area (Å²) in [5.41, 5.74) is 4.72. The van der Waals surface area contributed by atoms with Crippen LogP contribution in [0.25, 0.3) is 0 Å². The summed E-state index contributed by atoms with van der Waals surface area (Å²) >= 11 is 0. The Hall–Kier alpha value is -1.71. The van der Waals surface area contributed by atoms with Gasteiger partial charge < -0.3 is 9.88 Å². The Balaban J connectivity index is 2.14. The second kappa shape index (κ2) is 4.88. The van der Waals surface area contributed by atoms with Gasteiger partial charge in [-0.3, -0.25) is 4.68 Å². The van der Waals surface area contributed by atoms with Crippen molar-refractivity contribution >= 4 is 5.69 Å². The smallest absolute Gasteiger partial charge is 0.0828 e. The van der Waals surface area contributed by atoms with Crippen LogP contribution in [0.3, 0.4) is 0 Å². The van der Waals surface area contributed by atoms with Crippen LogP contribution in [0.4, 0.5) is 5.69 Å². The molecule has 4 nitrogen and oxygen atoms in total. The molecular weight excluding hydrogens is 224 g/mol. The molecule has 2 aromatic rings. The van der Waals surface area contributed by atoms with Gasteiger partial charge in [-0.05, 0) is 39.3 Å². The third kappa shape index (κ3) is 2.42. The third-order valence-corrected chi connectivity index (χ3v) is 3.18. The molecule has 2 rings (SSSR count). The zero-order chi connectivity index (χ0) is 13.3. The maximum Gasteiger partial charge on any atom is 0.0828 e. The van der Waals surface area contributed by atoms with E-state index in [1.54, 1.807) is 0 Å². The molecule has 0 aliphatic carbocycles. The minimum atomic E-state index is 0.399. The highest BCUT2D eigenvalue weighted by Gasteiger charge is 2.12. The van der Waals surface area contributed by atoms with E-state index in [9.17, 15) is 0 Å². The van der Waals surface area contributed by atoms with E-state index in [0.29, 0.717) is 6.04 Å². The topological polar surface area (TPSA) is 34.8 Å². The molecule has 2 aromatic heterocycles. The average molecular weight is 246 g/mol. The quantitative estimate of drug-likeness (QED) is 0.900.